The fourth-order valence-electron chi connectivity index (χ4n) is 3.43. The van der Waals surface area contributed by atoms with Crippen LogP contribution < -0.4 is 0 Å². The van der Waals surface area contributed by atoms with Crippen LogP contribution >= 0.6 is 0 Å². The lowest BCUT2D eigenvalue weighted by molar-refractivity contribution is -0.179. The van der Waals surface area contributed by atoms with Crippen LogP contribution in [0.25, 0.3) is 22.4 Å². The molecule has 4 atom stereocenters. The molecule has 1 aromatic heterocycles. The highest BCUT2D eigenvalue weighted by Gasteiger charge is 2.37. The predicted octanol–water partition coefficient (Wildman–Crippen LogP) is 1.65. The lowest BCUT2D eigenvalue weighted by Gasteiger charge is -2.36. The van der Waals surface area contributed by atoms with Crippen LogP contribution in [-0.2, 0) is 4.74 Å². The van der Waals surface area contributed by atoms with Gasteiger partial charge in [-0.15, -0.1) is 0 Å². The predicted molar refractivity (Wildman–Crippen MR) is 97.6 cm³/mol. The molecule has 0 aliphatic carbocycles. The lowest BCUT2D eigenvalue weighted by atomic mass is 9.92. The first kappa shape index (κ1) is 17.6. The third-order valence-electron chi connectivity index (χ3n) is 4.85. The highest BCUT2D eigenvalue weighted by Crippen LogP contribution is 2.33. The number of aromatic nitrogens is 2. The zero-order chi connectivity index (χ0) is 19.0. The van der Waals surface area contributed by atoms with E-state index in [-0.39, 0.29) is 13.0 Å². The van der Waals surface area contributed by atoms with Crippen LogP contribution in [-0.4, -0.2) is 50.2 Å². The molecule has 1 fully saturated rings. The van der Waals surface area contributed by atoms with E-state index in [0.717, 1.165) is 16.6 Å². The maximum Gasteiger partial charge on any atom is 0.138 e. The molecule has 0 amide bonds. The van der Waals surface area contributed by atoms with Crippen molar-refractivity contribution >= 4 is 11.0 Å². The Labute approximate surface area is 155 Å². The van der Waals surface area contributed by atoms with Crippen LogP contribution in [0.15, 0.2) is 42.5 Å². The van der Waals surface area contributed by atoms with Crippen LogP contribution in [0.1, 0.15) is 23.7 Å². The first-order valence-corrected chi connectivity index (χ1v) is 8.71. The Balaban J connectivity index is 1.69. The Morgan fingerprint density at radius 1 is 1.22 bits per heavy atom. The first-order chi connectivity index (χ1) is 13.1. The number of nitrogens with zero attached hydrogens (tertiary/aromatic N) is 2. The van der Waals surface area contributed by atoms with Crippen LogP contribution in [0.2, 0.25) is 0 Å². The van der Waals surface area contributed by atoms with E-state index in [0.29, 0.717) is 17.0 Å². The number of benzene rings is 2. The number of aromatic amines is 1. The molecule has 4 rings (SSSR count). The minimum absolute atomic E-state index is 0.193. The highest BCUT2D eigenvalue weighted by atomic mass is 16.5. The van der Waals surface area contributed by atoms with E-state index in [9.17, 15) is 15.3 Å². The van der Waals surface area contributed by atoms with Crippen molar-refractivity contribution in [3.8, 4) is 17.5 Å². The van der Waals surface area contributed by atoms with Crippen molar-refractivity contribution in [3.63, 3.8) is 0 Å². The third kappa shape index (κ3) is 3.31. The van der Waals surface area contributed by atoms with Gasteiger partial charge in [-0.3, -0.25) is 0 Å². The Hall–Kier alpha value is -2.76. The first-order valence-electron chi connectivity index (χ1n) is 8.71. The van der Waals surface area contributed by atoms with E-state index in [1.54, 1.807) is 24.3 Å². The number of hydrogen-bond acceptors (Lipinski definition) is 6. The van der Waals surface area contributed by atoms with Crippen molar-refractivity contribution in [1.82, 2.24) is 9.97 Å². The second kappa shape index (κ2) is 7.10. The summed E-state index contributed by atoms with van der Waals surface area (Å²) >= 11 is 0. The van der Waals surface area contributed by atoms with Crippen molar-refractivity contribution in [2.24, 2.45) is 0 Å². The van der Waals surface area contributed by atoms with Crippen molar-refractivity contribution in [3.05, 3.63) is 53.6 Å². The number of H-pyrrole nitrogens is 1. The third-order valence-corrected chi connectivity index (χ3v) is 4.85. The maximum absolute atomic E-state index is 10.3. The molecule has 3 aromatic rings. The molecule has 0 spiro atoms. The number of rotatable bonds is 3. The van der Waals surface area contributed by atoms with Crippen LogP contribution in [0, 0.1) is 11.3 Å². The minimum Gasteiger partial charge on any atom is -0.394 e. The number of imidazole rings is 1. The largest absolute Gasteiger partial charge is 0.394 e. The average molecular weight is 365 g/mol. The summed E-state index contributed by atoms with van der Waals surface area (Å²) < 4.78 is 5.76. The molecule has 27 heavy (non-hydrogen) atoms. The zero-order valence-electron chi connectivity index (χ0n) is 14.4. The summed E-state index contributed by atoms with van der Waals surface area (Å²) in [4.78, 5) is 7.75. The van der Waals surface area contributed by atoms with E-state index in [4.69, 9.17) is 10.00 Å². The van der Waals surface area contributed by atoms with Gasteiger partial charge in [-0.2, -0.15) is 5.26 Å². The molecule has 2 heterocycles. The summed E-state index contributed by atoms with van der Waals surface area (Å²) in [6.07, 6.45) is -3.09. The van der Waals surface area contributed by atoms with Crippen LogP contribution in [0.3, 0.4) is 0 Å². The van der Waals surface area contributed by atoms with Crippen molar-refractivity contribution < 1.29 is 20.1 Å². The molecule has 138 valence electrons. The molecule has 1 aliphatic heterocycles. The maximum atomic E-state index is 10.3. The number of fused-ring (bicyclic) bond motifs is 1. The smallest absolute Gasteiger partial charge is 0.138 e. The van der Waals surface area contributed by atoms with Gasteiger partial charge >= 0.3 is 0 Å². The molecule has 0 saturated carbocycles. The summed E-state index contributed by atoms with van der Waals surface area (Å²) in [7, 11) is 0. The number of aliphatic hydroxyl groups excluding tert-OH is 3. The molecule has 0 radical (unpaired) electrons. The van der Waals surface area contributed by atoms with Gasteiger partial charge in [0, 0.05) is 12.0 Å². The Morgan fingerprint density at radius 3 is 2.85 bits per heavy atom. The Morgan fingerprint density at radius 2 is 2.07 bits per heavy atom. The number of aliphatic hydroxyl groups is 3. The van der Waals surface area contributed by atoms with E-state index in [1.165, 1.54) is 0 Å². The fraction of sp³-hybridized carbons (Fsp3) is 0.300. The molecule has 1 saturated heterocycles. The van der Waals surface area contributed by atoms with Gasteiger partial charge in [0.25, 0.3) is 0 Å². The molecule has 3 unspecified atom stereocenters. The number of nitrogens with one attached hydrogen (secondary N) is 1. The van der Waals surface area contributed by atoms with Gasteiger partial charge in [0.1, 0.15) is 18.0 Å². The van der Waals surface area contributed by atoms with E-state index >= 15 is 0 Å². The summed E-state index contributed by atoms with van der Waals surface area (Å²) in [6.45, 7) is -0.217. The van der Waals surface area contributed by atoms with Gasteiger partial charge in [-0.25, -0.2) is 4.98 Å². The Bertz CT molecular complexity index is 1010. The molecule has 1 aliphatic rings. The lowest BCUT2D eigenvalue weighted by Crippen LogP contribution is -2.44. The normalized spacial score (nSPS) is 25.4. The average Bonchev–Trinajstić information content (AvgIpc) is 3.13. The number of nitriles is 1. The van der Waals surface area contributed by atoms with E-state index in [1.807, 2.05) is 18.2 Å². The van der Waals surface area contributed by atoms with Crippen molar-refractivity contribution in [2.75, 3.05) is 6.61 Å². The highest BCUT2D eigenvalue weighted by molar-refractivity contribution is 5.80. The second-order valence-corrected chi connectivity index (χ2v) is 6.71. The summed E-state index contributed by atoms with van der Waals surface area (Å²) in [5.74, 6) is 0.631. The van der Waals surface area contributed by atoms with Gasteiger partial charge in [-0.1, -0.05) is 18.2 Å². The molecule has 7 heteroatoms. The quantitative estimate of drug-likeness (QED) is 0.560. The van der Waals surface area contributed by atoms with Crippen molar-refractivity contribution in [2.45, 2.75) is 30.8 Å². The van der Waals surface area contributed by atoms with Gasteiger partial charge in [0.2, 0.25) is 0 Å². The zero-order valence-corrected chi connectivity index (χ0v) is 14.4. The second-order valence-electron chi connectivity index (χ2n) is 6.71. The molecular weight excluding hydrogens is 346 g/mol. The SMILES string of the molecule is N#Cc1ccc2nc(-c3cccc([C@H]4OC(CO)CC(O)C4O)c3)[nH]c2c1. The van der Waals surface area contributed by atoms with E-state index in [2.05, 4.69) is 16.0 Å². The molecule has 2 aromatic carbocycles. The summed E-state index contributed by atoms with van der Waals surface area (Å²) in [5, 5.41) is 38.8. The number of ether oxygens (including phenoxy) is 1. The summed E-state index contributed by atoms with van der Waals surface area (Å²) in [5.41, 5.74) is 3.54. The van der Waals surface area contributed by atoms with Crippen LogP contribution in [0.5, 0.6) is 0 Å². The fourth-order valence-corrected chi connectivity index (χ4v) is 3.43. The monoisotopic (exact) mass is 365 g/mol. The standard InChI is InChI=1S/C20H19N3O4/c21-9-11-4-5-15-16(6-11)23-20(22-15)13-3-1-2-12(7-13)19-18(26)17(25)8-14(10-24)27-19/h1-7,14,17-19,24-26H,8,10H2,(H,22,23)/t14?,17?,18?,19-/m1/s1. The molecular formula is C20H19N3O4. The van der Waals surface area contributed by atoms with Gasteiger partial charge in [-0.05, 0) is 29.8 Å². The van der Waals surface area contributed by atoms with Crippen molar-refractivity contribution in [1.29, 1.82) is 5.26 Å². The van der Waals surface area contributed by atoms with Gasteiger partial charge in [0.05, 0.1) is 41.5 Å². The molecule has 7 nitrogen and oxygen atoms in total. The Kier molecular flexibility index (Phi) is 4.64. The van der Waals surface area contributed by atoms with Gasteiger partial charge < -0.3 is 25.0 Å². The minimum atomic E-state index is -1.07. The topological polar surface area (TPSA) is 122 Å². The van der Waals surface area contributed by atoms with E-state index < -0.39 is 24.4 Å². The molecule has 4 N–H and O–H groups in total. The summed E-state index contributed by atoms with van der Waals surface area (Å²) in [6, 6.07) is 14.7. The van der Waals surface area contributed by atoms with Gasteiger partial charge in [0.15, 0.2) is 0 Å². The van der Waals surface area contributed by atoms with Crippen LogP contribution in [0.4, 0.5) is 0 Å². The number of hydrogen-bond donors (Lipinski definition) is 4. The molecule has 0 bridgehead atoms.